The molecular weight excluding hydrogens is 232 g/mol. The summed E-state index contributed by atoms with van der Waals surface area (Å²) in [6, 6.07) is 1.99. The van der Waals surface area contributed by atoms with E-state index in [1.54, 1.807) is 6.33 Å². The van der Waals surface area contributed by atoms with E-state index < -0.39 is 0 Å². The van der Waals surface area contributed by atoms with Gasteiger partial charge in [-0.15, -0.1) is 0 Å². The average molecular weight is 250 g/mol. The lowest BCUT2D eigenvalue weighted by atomic mass is 10.0. The van der Waals surface area contributed by atoms with Crippen LogP contribution in [0.4, 0.5) is 5.82 Å². The lowest BCUT2D eigenvalue weighted by molar-refractivity contribution is 0.515. The molecule has 0 bridgehead atoms. The van der Waals surface area contributed by atoms with Gasteiger partial charge in [0.25, 0.3) is 0 Å². The molecule has 0 radical (unpaired) electrons. The summed E-state index contributed by atoms with van der Waals surface area (Å²) in [5.74, 6) is 1.55. The van der Waals surface area contributed by atoms with Crippen LogP contribution >= 0.6 is 11.8 Å². The summed E-state index contributed by atoms with van der Waals surface area (Å²) >= 11 is 2.03. The Morgan fingerprint density at radius 1 is 1.47 bits per heavy atom. The first-order chi connectivity index (χ1) is 8.31. The monoisotopic (exact) mass is 250 g/mol. The second-order valence-corrected chi connectivity index (χ2v) is 5.82. The molecule has 1 aliphatic carbocycles. The number of hydrogen-bond donors (Lipinski definition) is 1. The number of nitrogen functional groups attached to an aromatic ring is 1. The lowest BCUT2D eigenvalue weighted by Crippen LogP contribution is -2.11. The fourth-order valence-corrected chi connectivity index (χ4v) is 3.51. The molecule has 1 aromatic rings. The van der Waals surface area contributed by atoms with Gasteiger partial charge in [-0.05, 0) is 12.8 Å². The van der Waals surface area contributed by atoms with Crippen LogP contribution in [0.2, 0.25) is 0 Å². The molecule has 0 amide bonds. The predicted molar refractivity (Wildman–Crippen MR) is 70.7 cm³/mol. The van der Waals surface area contributed by atoms with E-state index in [4.69, 9.17) is 11.0 Å². The normalized spacial score (nSPS) is 16.9. The molecule has 0 unspecified atom stereocenters. The van der Waals surface area contributed by atoms with Crippen molar-refractivity contribution in [2.75, 3.05) is 11.5 Å². The highest BCUT2D eigenvalue weighted by molar-refractivity contribution is 7.99. The predicted octanol–water partition coefficient (Wildman–Crippen LogP) is 2.40. The molecule has 4 nitrogen and oxygen atoms in total. The van der Waals surface area contributed by atoms with Crippen LogP contribution in [0.25, 0.3) is 0 Å². The molecule has 0 spiro atoms. The van der Waals surface area contributed by atoms with Gasteiger partial charge in [0.1, 0.15) is 11.9 Å². The summed E-state index contributed by atoms with van der Waals surface area (Å²) < 4.78 is 1.87. The molecule has 1 aliphatic rings. The van der Waals surface area contributed by atoms with Crippen molar-refractivity contribution in [2.24, 2.45) is 0 Å². The van der Waals surface area contributed by atoms with Crippen molar-refractivity contribution in [3.8, 4) is 6.07 Å². The van der Waals surface area contributed by atoms with Crippen LogP contribution in [0.3, 0.4) is 0 Å². The van der Waals surface area contributed by atoms with Crippen molar-refractivity contribution in [1.29, 1.82) is 5.26 Å². The summed E-state index contributed by atoms with van der Waals surface area (Å²) in [4.78, 5) is 3.97. The number of aromatic nitrogens is 2. The second-order valence-electron chi connectivity index (χ2n) is 4.41. The number of nitrogens with two attached hydrogens (primary N) is 1. The van der Waals surface area contributed by atoms with Crippen LogP contribution in [0.1, 0.15) is 37.8 Å². The Morgan fingerprint density at radius 3 is 2.88 bits per heavy atom. The third-order valence-corrected chi connectivity index (χ3v) is 4.58. The molecule has 1 saturated carbocycles. The van der Waals surface area contributed by atoms with Crippen LogP contribution in [-0.2, 0) is 6.54 Å². The van der Waals surface area contributed by atoms with E-state index in [-0.39, 0.29) is 0 Å². The van der Waals surface area contributed by atoms with E-state index in [0.717, 1.165) is 17.5 Å². The topological polar surface area (TPSA) is 67.6 Å². The first kappa shape index (κ1) is 12.3. The van der Waals surface area contributed by atoms with Crippen molar-refractivity contribution in [2.45, 2.75) is 43.9 Å². The molecular formula is C12H18N4S. The van der Waals surface area contributed by atoms with Crippen molar-refractivity contribution < 1.29 is 0 Å². The maximum Gasteiger partial charge on any atom is 0.182 e. The van der Waals surface area contributed by atoms with Gasteiger partial charge in [-0.1, -0.05) is 19.3 Å². The van der Waals surface area contributed by atoms with E-state index in [2.05, 4.69) is 4.98 Å². The zero-order valence-corrected chi connectivity index (χ0v) is 10.7. The standard InChI is InChI=1S/C12H18N4S/c13-8-11-12(14)16(9-15-11)6-7-17-10-4-2-1-3-5-10/h9-10H,1-7,14H2. The summed E-state index contributed by atoms with van der Waals surface area (Å²) in [5, 5.41) is 9.57. The van der Waals surface area contributed by atoms with Crippen molar-refractivity contribution >= 4 is 17.6 Å². The molecule has 1 aromatic heterocycles. The van der Waals surface area contributed by atoms with Gasteiger partial charge in [-0.25, -0.2) is 4.98 Å². The molecule has 5 heteroatoms. The van der Waals surface area contributed by atoms with Crippen LogP contribution in [0.15, 0.2) is 6.33 Å². The minimum atomic E-state index is 0.340. The lowest BCUT2D eigenvalue weighted by Gasteiger charge is -2.20. The maximum absolute atomic E-state index is 8.75. The summed E-state index contributed by atoms with van der Waals surface area (Å²) in [6.07, 6.45) is 8.53. The minimum absolute atomic E-state index is 0.340. The summed E-state index contributed by atoms with van der Waals surface area (Å²) in [5.41, 5.74) is 6.14. The number of thioether (sulfide) groups is 1. The second kappa shape index (κ2) is 5.97. The van der Waals surface area contributed by atoms with Gasteiger partial charge in [0.05, 0.1) is 6.33 Å². The maximum atomic E-state index is 8.75. The molecule has 2 N–H and O–H groups in total. The van der Waals surface area contributed by atoms with Crippen LogP contribution in [0, 0.1) is 11.3 Å². The summed E-state index contributed by atoms with van der Waals surface area (Å²) in [6.45, 7) is 0.849. The van der Waals surface area contributed by atoms with E-state index in [1.807, 2.05) is 22.4 Å². The highest BCUT2D eigenvalue weighted by Gasteiger charge is 2.13. The average Bonchev–Trinajstić information content (AvgIpc) is 2.72. The van der Waals surface area contributed by atoms with E-state index >= 15 is 0 Å². The number of imidazole rings is 1. The molecule has 1 heterocycles. The van der Waals surface area contributed by atoms with Gasteiger partial charge in [-0.3, -0.25) is 0 Å². The fraction of sp³-hybridized carbons (Fsp3) is 0.667. The zero-order valence-electron chi connectivity index (χ0n) is 9.93. The Hall–Kier alpha value is -1.15. The number of anilines is 1. The Labute approximate surface area is 106 Å². The van der Waals surface area contributed by atoms with Gasteiger partial charge >= 0.3 is 0 Å². The molecule has 0 aromatic carbocycles. The number of nitrogens with zero attached hydrogens (tertiary/aromatic N) is 3. The van der Waals surface area contributed by atoms with Crippen LogP contribution in [-0.4, -0.2) is 20.6 Å². The third kappa shape index (κ3) is 3.16. The molecule has 0 atom stereocenters. The first-order valence-electron chi connectivity index (χ1n) is 6.13. The summed E-state index contributed by atoms with van der Waals surface area (Å²) in [7, 11) is 0. The third-order valence-electron chi connectivity index (χ3n) is 3.22. The van der Waals surface area contributed by atoms with Gasteiger partial charge in [-0.2, -0.15) is 17.0 Å². The molecule has 92 valence electrons. The Bertz CT molecular complexity index is 401. The minimum Gasteiger partial charge on any atom is -0.383 e. The van der Waals surface area contributed by atoms with Crippen LogP contribution in [0.5, 0.6) is 0 Å². The number of aryl methyl sites for hydroxylation is 1. The molecule has 2 rings (SSSR count). The Morgan fingerprint density at radius 2 is 2.24 bits per heavy atom. The first-order valence-corrected chi connectivity index (χ1v) is 7.18. The van der Waals surface area contributed by atoms with Crippen molar-refractivity contribution in [3.05, 3.63) is 12.0 Å². The Balaban J connectivity index is 1.77. The molecule has 17 heavy (non-hydrogen) atoms. The fourth-order valence-electron chi connectivity index (χ4n) is 2.21. The van der Waals surface area contributed by atoms with Crippen molar-refractivity contribution in [1.82, 2.24) is 9.55 Å². The van der Waals surface area contributed by atoms with Gasteiger partial charge < -0.3 is 10.3 Å². The Kier molecular flexibility index (Phi) is 4.32. The SMILES string of the molecule is N#Cc1ncn(CCSC2CCCCC2)c1N. The van der Waals surface area contributed by atoms with Crippen molar-refractivity contribution in [3.63, 3.8) is 0 Å². The number of nitriles is 1. The van der Waals surface area contributed by atoms with E-state index in [1.165, 1.54) is 32.1 Å². The van der Waals surface area contributed by atoms with Gasteiger partial charge in [0.2, 0.25) is 0 Å². The largest absolute Gasteiger partial charge is 0.383 e. The molecule has 1 fully saturated rings. The molecule has 0 aliphatic heterocycles. The highest BCUT2D eigenvalue weighted by atomic mass is 32.2. The van der Waals surface area contributed by atoms with Gasteiger partial charge in [0, 0.05) is 17.5 Å². The quantitative estimate of drug-likeness (QED) is 0.891. The number of rotatable bonds is 4. The van der Waals surface area contributed by atoms with E-state index in [9.17, 15) is 0 Å². The van der Waals surface area contributed by atoms with E-state index in [0.29, 0.717) is 11.5 Å². The smallest absolute Gasteiger partial charge is 0.182 e. The highest BCUT2D eigenvalue weighted by Crippen LogP contribution is 2.28. The number of hydrogen-bond acceptors (Lipinski definition) is 4. The zero-order chi connectivity index (χ0) is 12.1. The van der Waals surface area contributed by atoms with Crippen LogP contribution < -0.4 is 5.73 Å². The van der Waals surface area contributed by atoms with Gasteiger partial charge in [0.15, 0.2) is 5.69 Å². The molecule has 0 saturated heterocycles.